The number of benzene rings is 1. The van der Waals surface area contributed by atoms with Crippen LogP contribution in [0.25, 0.3) is 0 Å². The van der Waals surface area contributed by atoms with E-state index in [1.807, 2.05) is 0 Å². The second kappa shape index (κ2) is 7.77. The second-order valence-corrected chi connectivity index (χ2v) is 6.54. The molecule has 28 heavy (non-hydrogen) atoms. The summed E-state index contributed by atoms with van der Waals surface area (Å²) in [6, 6.07) is 5.12. The van der Waals surface area contributed by atoms with E-state index in [1.165, 1.54) is 34.6 Å². The molecule has 0 bridgehead atoms. The molecule has 0 spiro atoms. The molecule has 1 unspecified atom stereocenters. The van der Waals surface area contributed by atoms with Gasteiger partial charge in [-0.15, -0.1) is 0 Å². The Bertz CT molecular complexity index is 1030. The Labute approximate surface area is 163 Å². The highest BCUT2D eigenvalue weighted by molar-refractivity contribution is 6.33. The van der Waals surface area contributed by atoms with Gasteiger partial charge < -0.3 is 5.32 Å². The Balaban J connectivity index is 1.72. The number of carbonyl (C=O) groups excluding carboxylic acids is 1. The third kappa shape index (κ3) is 4.01. The first-order chi connectivity index (χ1) is 13.3. The minimum absolute atomic E-state index is 0.153. The predicted octanol–water partition coefficient (Wildman–Crippen LogP) is 3.34. The van der Waals surface area contributed by atoms with E-state index in [9.17, 15) is 19.3 Å². The first-order valence-corrected chi connectivity index (χ1v) is 8.61. The van der Waals surface area contributed by atoms with E-state index in [1.54, 1.807) is 19.1 Å². The Morgan fingerprint density at radius 2 is 2.07 bits per heavy atom. The highest BCUT2D eigenvalue weighted by Crippen LogP contribution is 2.23. The summed E-state index contributed by atoms with van der Waals surface area (Å²) in [6.45, 7) is 3.41. The van der Waals surface area contributed by atoms with Crippen LogP contribution in [0.3, 0.4) is 0 Å². The van der Waals surface area contributed by atoms with Gasteiger partial charge in [0.1, 0.15) is 28.8 Å². The van der Waals surface area contributed by atoms with Gasteiger partial charge in [-0.25, -0.2) is 4.39 Å². The summed E-state index contributed by atoms with van der Waals surface area (Å²) in [5, 5.41) is 21.9. The number of hydrogen-bond donors (Lipinski definition) is 1. The third-order valence-electron chi connectivity index (χ3n) is 4.18. The van der Waals surface area contributed by atoms with E-state index in [0.717, 1.165) is 11.8 Å². The molecule has 2 heterocycles. The zero-order valence-electron chi connectivity index (χ0n) is 15.0. The van der Waals surface area contributed by atoms with Crippen molar-refractivity contribution in [3.8, 4) is 0 Å². The van der Waals surface area contributed by atoms with E-state index in [-0.39, 0.29) is 28.0 Å². The molecule has 11 heteroatoms. The first kappa shape index (κ1) is 19.5. The minimum Gasteiger partial charge on any atom is -0.306 e. The van der Waals surface area contributed by atoms with Crippen molar-refractivity contribution in [3.05, 3.63) is 68.9 Å². The maximum Gasteiger partial charge on any atom is 0.309 e. The number of amides is 1. The van der Waals surface area contributed by atoms with Crippen LogP contribution in [0.5, 0.6) is 0 Å². The van der Waals surface area contributed by atoms with Gasteiger partial charge >= 0.3 is 5.69 Å². The molecule has 0 aliphatic heterocycles. The average molecular weight is 407 g/mol. The highest BCUT2D eigenvalue weighted by atomic mass is 35.5. The Hall–Kier alpha value is -3.27. The first-order valence-electron chi connectivity index (χ1n) is 8.23. The van der Waals surface area contributed by atoms with Crippen LogP contribution >= 0.6 is 11.6 Å². The van der Waals surface area contributed by atoms with Gasteiger partial charge in [-0.05, 0) is 31.5 Å². The average Bonchev–Trinajstić information content (AvgIpc) is 3.19. The maximum absolute atomic E-state index is 13.0. The number of anilines is 1. The molecule has 0 fully saturated rings. The molecule has 0 saturated heterocycles. The van der Waals surface area contributed by atoms with Crippen LogP contribution in [0, 0.1) is 22.9 Å². The van der Waals surface area contributed by atoms with Crippen molar-refractivity contribution in [1.29, 1.82) is 0 Å². The fourth-order valence-electron chi connectivity index (χ4n) is 2.66. The summed E-state index contributed by atoms with van der Waals surface area (Å²) in [6.07, 6.45) is 2.64. The van der Waals surface area contributed by atoms with Crippen molar-refractivity contribution in [2.75, 3.05) is 5.32 Å². The Morgan fingerprint density at radius 3 is 2.68 bits per heavy atom. The smallest absolute Gasteiger partial charge is 0.306 e. The van der Waals surface area contributed by atoms with Crippen LogP contribution in [0.1, 0.15) is 24.2 Å². The molecule has 1 N–H and O–H groups in total. The van der Waals surface area contributed by atoms with Gasteiger partial charge in [-0.1, -0.05) is 23.7 Å². The molecule has 0 saturated carbocycles. The largest absolute Gasteiger partial charge is 0.309 e. The number of rotatable bonds is 6. The van der Waals surface area contributed by atoms with Crippen LogP contribution in [0.2, 0.25) is 5.02 Å². The molecule has 0 radical (unpaired) electrons. The van der Waals surface area contributed by atoms with Crippen LogP contribution in [0.4, 0.5) is 15.9 Å². The fourth-order valence-corrected chi connectivity index (χ4v) is 2.85. The molecule has 3 aromatic rings. The van der Waals surface area contributed by atoms with Gasteiger partial charge in [0.25, 0.3) is 0 Å². The topological polar surface area (TPSA) is 108 Å². The molecule has 9 nitrogen and oxygen atoms in total. The second-order valence-electron chi connectivity index (χ2n) is 6.13. The van der Waals surface area contributed by atoms with E-state index < -0.39 is 16.9 Å². The lowest BCUT2D eigenvalue weighted by molar-refractivity contribution is -0.385. The molecule has 0 aliphatic rings. The highest BCUT2D eigenvalue weighted by Gasteiger charge is 2.24. The Morgan fingerprint density at radius 1 is 1.39 bits per heavy atom. The van der Waals surface area contributed by atoms with Crippen molar-refractivity contribution < 1.29 is 14.1 Å². The zero-order valence-corrected chi connectivity index (χ0v) is 15.7. The van der Waals surface area contributed by atoms with Gasteiger partial charge in [-0.3, -0.25) is 24.3 Å². The van der Waals surface area contributed by atoms with Crippen molar-refractivity contribution in [2.45, 2.75) is 26.4 Å². The van der Waals surface area contributed by atoms with E-state index in [4.69, 9.17) is 11.6 Å². The van der Waals surface area contributed by atoms with Crippen molar-refractivity contribution >= 4 is 29.0 Å². The minimum atomic E-state index is -0.813. The van der Waals surface area contributed by atoms with Crippen LogP contribution in [-0.2, 0) is 11.3 Å². The number of halogens is 2. The quantitative estimate of drug-likeness (QED) is 0.499. The van der Waals surface area contributed by atoms with E-state index >= 15 is 0 Å². The van der Waals surface area contributed by atoms with Crippen molar-refractivity contribution in [1.82, 2.24) is 19.6 Å². The third-order valence-corrected chi connectivity index (χ3v) is 4.45. The van der Waals surface area contributed by atoms with E-state index in [2.05, 4.69) is 15.5 Å². The molecule has 1 amide bonds. The molecule has 1 atom stereocenters. The maximum atomic E-state index is 13.0. The summed E-state index contributed by atoms with van der Waals surface area (Å²) in [4.78, 5) is 22.9. The molecular weight excluding hydrogens is 391 g/mol. The lowest BCUT2D eigenvalue weighted by atomic mass is 10.2. The molecule has 1 aromatic carbocycles. The normalized spacial score (nSPS) is 12.0. The zero-order chi connectivity index (χ0) is 20.4. The fraction of sp³-hybridized carbons (Fsp3) is 0.235. The summed E-state index contributed by atoms with van der Waals surface area (Å²) >= 11 is 6.14. The lowest BCUT2D eigenvalue weighted by Gasteiger charge is -2.13. The van der Waals surface area contributed by atoms with Crippen LogP contribution in [0.15, 0.2) is 36.7 Å². The Kier molecular flexibility index (Phi) is 5.41. The summed E-state index contributed by atoms with van der Waals surface area (Å²) in [5.41, 5.74) is 0.910. The number of nitrogens with one attached hydrogen (secondary N) is 1. The van der Waals surface area contributed by atoms with Gasteiger partial charge in [0.05, 0.1) is 11.5 Å². The van der Waals surface area contributed by atoms with Gasteiger partial charge in [0.15, 0.2) is 5.82 Å². The summed E-state index contributed by atoms with van der Waals surface area (Å²) in [7, 11) is 0. The van der Waals surface area contributed by atoms with Gasteiger partial charge in [0.2, 0.25) is 5.91 Å². The summed E-state index contributed by atoms with van der Waals surface area (Å²) < 4.78 is 15.8. The van der Waals surface area contributed by atoms with E-state index in [0.29, 0.717) is 6.54 Å². The molecular formula is C17H16ClFN6O3. The lowest BCUT2D eigenvalue weighted by Crippen LogP contribution is -2.25. The summed E-state index contributed by atoms with van der Waals surface area (Å²) in [5.74, 6) is -0.659. The molecule has 0 aliphatic carbocycles. The molecule has 3 rings (SSSR count). The SMILES string of the molecule is Cc1c([N+](=O)[O-])cnn1C(C)C(=O)Nc1nn(Cc2ccc(F)cc2)cc1Cl. The molecule has 2 aromatic heterocycles. The number of hydrogen-bond acceptors (Lipinski definition) is 5. The van der Waals surface area contributed by atoms with Crippen molar-refractivity contribution in [3.63, 3.8) is 0 Å². The van der Waals surface area contributed by atoms with Crippen LogP contribution < -0.4 is 5.32 Å². The molecule has 146 valence electrons. The number of aromatic nitrogens is 4. The van der Waals surface area contributed by atoms with Gasteiger partial charge in [0, 0.05) is 6.20 Å². The number of nitro groups is 1. The number of carbonyl (C=O) groups is 1. The number of nitrogens with zero attached hydrogens (tertiary/aromatic N) is 5. The van der Waals surface area contributed by atoms with Crippen molar-refractivity contribution in [2.24, 2.45) is 0 Å². The predicted molar refractivity (Wildman–Crippen MR) is 99.7 cm³/mol. The monoisotopic (exact) mass is 406 g/mol. The van der Waals surface area contributed by atoms with Crippen LogP contribution in [-0.4, -0.2) is 30.4 Å². The van der Waals surface area contributed by atoms with Gasteiger partial charge in [-0.2, -0.15) is 10.2 Å². The standard InChI is InChI=1S/C17H16ClFN6O3/c1-10-15(25(27)28)7-20-24(10)11(2)17(26)21-16-14(18)9-23(22-16)8-12-3-5-13(19)6-4-12/h3-7,9,11H,8H2,1-2H3,(H,21,22,26).